The van der Waals surface area contributed by atoms with Gasteiger partial charge in [0.15, 0.2) is 0 Å². The van der Waals surface area contributed by atoms with Gasteiger partial charge < -0.3 is 10.1 Å². The Hall–Kier alpha value is -2.69. The van der Waals surface area contributed by atoms with Gasteiger partial charge in [0.2, 0.25) is 5.91 Å². The van der Waals surface area contributed by atoms with E-state index in [4.69, 9.17) is 0 Å². The molecule has 0 aliphatic carbocycles. The molecule has 1 aliphatic heterocycles. The maximum absolute atomic E-state index is 12.8. The van der Waals surface area contributed by atoms with Crippen LogP contribution >= 0.6 is 0 Å². The molecule has 5 heteroatoms. The van der Waals surface area contributed by atoms with E-state index >= 15 is 0 Å². The summed E-state index contributed by atoms with van der Waals surface area (Å²) < 4.78 is 0. The predicted octanol–water partition coefficient (Wildman–Crippen LogP) is 2.20. The van der Waals surface area contributed by atoms with Gasteiger partial charge in [-0.1, -0.05) is 18.2 Å². The van der Waals surface area contributed by atoms with E-state index in [0.29, 0.717) is 12.0 Å². The number of rotatable bonds is 5. The number of nitrogens with one attached hydrogen (secondary N) is 1. The predicted molar refractivity (Wildman–Crippen MR) is 88.6 cm³/mol. The van der Waals surface area contributed by atoms with Gasteiger partial charge in [-0.3, -0.25) is 14.5 Å². The summed E-state index contributed by atoms with van der Waals surface area (Å²) in [4.78, 5) is 37.3. The molecule has 0 saturated heterocycles. The van der Waals surface area contributed by atoms with Gasteiger partial charge in [0, 0.05) is 24.4 Å². The fourth-order valence-corrected chi connectivity index (χ4v) is 3.14. The molecule has 1 N–H and O–H groups in total. The van der Waals surface area contributed by atoms with Gasteiger partial charge in [0.25, 0.3) is 5.91 Å². The SMILES string of the molecule is CNC(=O)CCC(C=O)N1C(=O)c2cccc3c(C)ccc1c23. The third kappa shape index (κ3) is 2.38. The first-order valence-electron chi connectivity index (χ1n) is 7.60. The fourth-order valence-electron chi connectivity index (χ4n) is 3.14. The summed E-state index contributed by atoms with van der Waals surface area (Å²) >= 11 is 0. The summed E-state index contributed by atoms with van der Waals surface area (Å²) in [6, 6.07) is 8.81. The molecule has 5 nitrogen and oxygen atoms in total. The van der Waals surface area contributed by atoms with Gasteiger partial charge >= 0.3 is 0 Å². The lowest BCUT2D eigenvalue weighted by molar-refractivity contribution is -0.120. The van der Waals surface area contributed by atoms with E-state index in [0.717, 1.165) is 28.3 Å². The van der Waals surface area contributed by atoms with Crippen LogP contribution < -0.4 is 10.2 Å². The third-order valence-electron chi connectivity index (χ3n) is 4.38. The topological polar surface area (TPSA) is 66.5 Å². The molecule has 0 aromatic heterocycles. The van der Waals surface area contributed by atoms with Crippen LogP contribution in [0, 0.1) is 6.92 Å². The first-order chi connectivity index (χ1) is 11.1. The van der Waals surface area contributed by atoms with Crippen LogP contribution in [0.4, 0.5) is 5.69 Å². The number of aldehydes is 1. The van der Waals surface area contributed by atoms with Crippen LogP contribution in [0.5, 0.6) is 0 Å². The van der Waals surface area contributed by atoms with Crippen molar-refractivity contribution in [3.63, 3.8) is 0 Å². The van der Waals surface area contributed by atoms with E-state index in [1.807, 2.05) is 31.2 Å². The highest BCUT2D eigenvalue weighted by Crippen LogP contribution is 2.40. The normalized spacial score (nSPS) is 14.2. The van der Waals surface area contributed by atoms with Crippen LogP contribution in [0.3, 0.4) is 0 Å². The molecule has 0 radical (unpaired) electrons. The number of nitrogens with zero attached hydrogens (tertiary/aromatic N) is 1. The number of carbonyl (C=O) groups is 3. The Balaban J connectivity index is 2.03. The molecule has 3 rings (SSSR count). The molecule has 2 aromatic carbocycles. The fraction of sp³-hybridized carbons (Fsp3) is 0.278. The Morgan fingerprint density at radius 2 is 2.09 bits per heavy atom. The number of hydrogen-bond donors (Lipinski definition) is 1. The lowest BCUT2D eigenvalue weighted by atomic mass is 10.0. The first kappa shape index (κ1) is 15.2. The summed E-state index contributed by atoms with van der Waals surface area (Å²) in [6.07, 6.45) is 1.26. The molecule has 0 saturated carbocycles. The van der Waals surface area contributed by atoms with Crippen LogP contribution in [0.1, 0.15) is 28.8 Å². The van der Waals surface area contributed by atoms with Gasteiger partial charge in [-0.15, -0.1) is 0 Å². The van der Waals surface area contributed by atoms with Crippen molar-refractivity contribution in [3.05, 3.63) is 41.5 Å². The van der Waals surface area contributed by atoms with E-state index in [9.17, 15) is 14.4 Å². The minimum atomic E-state index is -0.641. The van der Waals surface area contributed by atoms with E-state index in [2.05, 4.69) is 5.32 Å². The van der Waals surface area contributed by atoms with Gasteiger partial charge in [-0.25, -0.2) is 0 Å². The minimum Gasteiger partial charge on any atom is -0.359 e. The molecule has 1 unspecified atom stereocenters. The summed E-state index contributed by atoms with van der Waals surface area (Å²) in [5.74, 6) is -0.319. The zero-order chi connectivity index (χ0) is 16.6. The monoisotopic (exact) mass is 310 g/mol. The molecule has 0 fully saturated rings. The van der Waals surface area contributed by atoms with Crippen molar-refractivity contribution >= 4 is 34.6 Å². The van der Waals surface area contributed by atoms with Crippen LogP contribution in [0.25, 0.3) is 10.8 Å². The molecule has 0 spiro atoms. The average Bonchev–Trinajstić information content (AvgIpc) is 2.86. The lowest BCUT2D eigenvalue weighted by Crippen LogP contribution is -2.39. The Bertz CT molecular complexity index is 813. The summed E-state index contributed by atoms with van der Waals surface area (Å²) in [6.45, 7) is 2.00. The quantitative estimate of drug-likeness (QED) is 0.861. The van der Waals surface area contributed by atoms with Gasteiger partial charge in [0.05, 0.1) is 11.7 Å². The standard InChI is InChI=1S/C18H18N2O3/c1-11-6-8-15-17-13(11)4-3-5-14(17)18(23)20(15)12(10-21)7-9-16(22)19-2/h3-6,8,10,12H,7,9H2,1-2H3,(H,19,22). The molecule has 118 valence electrons. The van der Waals surface area contributed by atoms with Crippen molar-refractivity contribution < 1.29 is 14.4 Å². The minimum absolute atomic E-state index is 0.143. The smallest absolute Gasteiger partial charge is 0.259 e. The first-order valence-corrected chi connectivity index (χ1v) is 7.60. The van der Waals surface area contributed by atoms with Crippen LogP contribution in [-0.2, 0) is 9.59 Å². The Morgan fingerprint density at radius 1 is 1.30 bits per heavy atom. The second-order valence-electron chi connectivity index (χ2n) is 5.72. The van der Waals surface area contributed by atoms with Crippen molar-refractivity contribution in [2.75, 3.05) is 11.9 Å². The van der Waals surface area contributed by atoms with E-state index in [1.165, 1.54) is 4.90 Å². The molecular formula is C18H18N2O3. The van der Waals surface area contributed by atoms with Crippen LogP contribution in [0.2, 0.25) is 0 Å². The van der Waals surface area contributed by atoms with Crippen molar-refractivity contribution in [3.8, 4) is 0 Å². The Morgan fingerprint density at radius 3 is 2.78 bits per heavy atom. The zero-order valence-corrected chi connectivity index (χ0v) is 13.1. The molecule has 0 bridgehead atoms. The van der Waals surface area contributed by atoms with Gasteiger partial charge in [0.1, 0.15) is 6.29 Å². The van der Waals surface area contributed by atoms with E-state index < -0.39 is 6.04 Å². The molecular weight excluding hydrogens is 292 g/mol. The van der Waals surface area contributed by atoms with Crippen molar-refractivity contribution in [1.29, 1.82) is 0 Å². The molecule has 1 atom stereocenters. The van der Waals surface area contributed by atoms with Crippen molar-refractivity contribution in [2.45, 2.75) is 25.8 Å². The second kappa shape index (κ2) is 5.83. The Kier molecular flexibility index (Phi) is 3.86. The third-order valence-corrected chi connectivity index (χ3v) is 4.38. The molecule has 1 aliphatic rings. The highest BCUT2D eigenvalue weighted by atomic mass is 16.2. The second-order valence-corrected chi connectivity index (χ2v) is 5.72. The summed E-state index contributed by atoms with van der Waals surface area (Å²) in [5.41, 5.74) is 2.46. The van der Waals surface area contributed by atoms with Crippen LogP contribution in [0.15, 0.2) is 30.3 Å². The highest BCUT2D eigenvalue weighted by molar-refractivity contribution is 6.26. The summed E-state index contributed by atoms with van der Waals surface area (Å²) in [5, 5.41) is 4.45. The lowest BCUT2D eigenvalue weighted by Gasteiger charge is -2.24. The number of amides is 2. The molecule has 23 heavy (non-hydrogen) atoms. The van der Waals surface area contributed by atoms with Gasteiger partial charge in [-0.2, -0.15) is 0 Å². The number of aryl methyl sites for hydroxylation is 1. The molecule has 2 amide bonds. The number of benzene rings is 2. The largest absolute Gasteiger partial charge is 0.359 e. The number of carbonyl (C=O) groups excluding carboxylic acids is 3. The van der Waals surface area contributed by atoms with Crippen molar-refractivity contribution in [2.24, 2.45) is 0 Å². The zero-order valence-electron chi connectivity index (χ0n) is 13.1. The van der Waals surface area contributed by atoms with E-state index in [1.54, 1.807) is 13.1 Å². The molecule has 2 aromatic rings. The maximum atomic E-state index is 12.8. The maximum Gasteiger partial charge on any atom is 0.259 e. The van der Waals surface area contributed by atoms with E-state index in [-0.39, 0.29) is 18.2 Å². The van der Waals surface area contributed by atoms with Crippen LogP contribution in [-0.4, -0.2) is 31.2 Å². The van der Waals surface area contributed by atoms with Gasteiger partial charge in [-0.05, 0) is 36.4 Å². The number of anilines is 1. The Labute approximate surface area is 134 Å². The summed E-state index contributed by atoms with van der Waals surface area (Å²) in [7, 11) is 1.55. The molecule has 1 heterocycles. The number of hydrogen-bond acceptors (Lipinski definition) is 3. The average molecular weight is 310 g/mol. The highest BCUT2D eigenvalue weighted by Gasteiger charge is 2.34. The van der Waals surface area contributed by atoms with Crippen molar-refractivity contribution in [1.82, 2.24) is 5.32 Å².